The van der Waals surface area contributed by atoms with Crippen LogP contribution in [0, 0.1) is 17.6 Å². The van der Waals surface area contributed by atoms with Gasteiger partial charge in [-0.25, -0.2) is 23.2 Å². The van der Waals surface area contributed by atoms with Crippen molar-refractivity contribution in [3.05, 3.63) is 130 Å². The average Bonchev–Trinajstić information content (AvgIpc) is 3.57. The number of hydrogen-bond acceptors (Lipinski definition) is 10. The highest BCUT2D eigenvalue weighted by molar-refractivity contribution is 6.04. The Morgan fingerprint density at radius 1 is 0.948 bits per heavy atom. The first-order valence-corrected chi connectivity index (χ1v) is 18.7. The molecule has 0 spiro atoms. The topological polar surface area (TPSA) is 164 Å². The summed E-state index contributed by atoms with van der Waals surface area (Å²) in [5.41, 5.74) is 0.475. The van der Waals surface area contributed by atoms with Crippen LogP contribution in [-0.2, 0) is 11.3 Å². The van der Waals surface area contributed by atoms with E-state index in [1.165, 1.54) is 54.9 Å². The second-order valence-corrected chi connectivity index (χ2v) is 14.8. The van der Waals surface area contributed by atoms with Crippen LogP contribution >= 0.6 is 0 Å². The maximum Gasteiger partial charge on any atom is 0.408 e. The highest BCUT2D eigenvalue weighted by atomic mass is 19.1. The van der Waals surface area contributed by atoms with Crippen LogP contribution in [0.25, 0.3) is 16.7 Å². The molecule has 0 saturated carbocycles. The minimum Gasteiger partial charge on any atom is -0.497 e. The summed E-state index contributed by atoms with van der Waals surface area (Å²) in [5.74, 6) is -1.48. The Kier molecular flexibility index (Phi) is 11.5. The molecule has 0 radical (unpaired) electrons. The van der Waals surface area contributed by atoms with Crippen LogP contribution in [0.15, 0.2) is 96.1 Å². The van der Waals surface area contributed by atoms with E-state index in [0.29, 0.717) is 41.9 Å². The summed E-state index contributed by atoms with van der Waals surface area (Å²) in [6.45, 7) is 7.32. The lowest BCUT2D eigenvalue weighted by Gasteiger charge is -2.31. The molecule has 1 aliphatic heterocycles. The van der Waals surface area contributed by atoms with Gasteiger partial charge in [-0.15, -0.1) is 0 Å². The molecule has 1 saturated heterocycles. The van der Waals surface area contributed by atoms with Gasteiger partial charge in [0.05, 0.1) is 24.7 Å². The van der Waals surface area contributed by atoms with Crippen molar-refractivity contribution in [2.75, 3.05) is 25.5 Å². The van der Waals surface area contributed by atoms with E-state index in [4.69, 9.17) is 19.3 Å². The third-order valence-corrected chi connectivity index (χ3v) is 9.48. The van der Waals surface area contributed by atoms with Crippen LogP contribution in [0.5, 0.6) is 17.2 Å². The Bertz CT molecular complexity index is 2490. The number of nitrogens with one attached hydrogen (secondary N) is 3. The number of hydrogen-bond donors (Lipinski definition) is 3. The normalized spacial score (nSPS) is 13.8. The number of methoxy groups -OCH3 is 1. The first-order chi connectivity index (χ1) is 27.9. The quantitative estimate of drug-likeness (QED) is 0.126. The van der Waals surface area contributed by atoms with Crippen LogP contribution < -0.4 is 31.0 Å². The van der Waals surface area contributed by atoms with Crippen LogP contribution in [0.2, 0.25) is 0 Å². The number of alkyl carbamates (subject to hydrolysis) is 1. The molecule has 7 rings (SSSR count). The highest BCUT2D eigenvalue weighted by Crippen LogP contribution is 2.41. The predicted octanol–water partition coefficient (Wildman–Crippen LogP) is 6.92. The number of fused-ring (bicyclic) bond motifs is 1. The van der Waals surface area contributed by atoms with Gasteiger partial charge in [-0.05, 0) is 113 Å². The molecule has 0 bridgehead atoms. The lowest BCUT2D eigenvalue weighted by Crippen LogP contribution is -2.42. The molecule has 16 heteroatoms. The van der Waals surface area contributed by atoms with Gasteiger partial charge >= 0.3 is 6.09 Å². The number of carbonyl (C=O) groups is 2. The van der Waals surface area contributed by atoms with Crippen LogP contribution in [0.1, 0.15) is 61.3 Å². The van der Waals surface area contributed by atoms with Gasteiger partial charge in [-0.3, -0.25) is 9.59 Å². The number of rotatable bonds is 11. The van der Waals surface area contributed by atoms with E-state index in [0.717, 1.165) is 29.4 Å². The third-order valence-electron chi connectivity index (χ3n) is 9.48. The zero-order valence-electron chi connectivity index (χ0n) is 32.3. The van der Waals surface area contributed by atoms with Crippen molar-refractivity contribution in [3.8, 4) is 22.9 Å². The van der Waals surface area contributed by atoms with Crippen molar-refractivity contribution in [3.63, 3.8) is 0 Å². The molecule has 300 valence electrons. The van der Waals surface area contributed by atoms with Crippen molar-refractivity contribution in [2.24, 2.45) is 5.92 Å². The lowest BCUT2D eigenvalue weighted by molar-refractivity contribution is 0.0434. The first-order valence-electron chi connectivity index (χ1n) is 18.7. The van der Waals surface area contributed by atoms with Crippen LogP contribution in [-0.4, -0.2) is 62.3 Å². The van der Waals surface area contributed by atoms with Gasteiger partial charge in [0.1, 0.15) is 28.6 Å². The Labute approximate surface area is 332 Å². The van der Waals surface area contributed by atoms with Gasteiger partial charge in [0.25, 0.3) is 11.5 Å². The molecule has 1 fully saturated rings. The Balaban J connectivity index is 1.22. The summed E-state index contributed by atoms with van der Waals surface area (Å²) in [4.78, 5) is 44.4. The van der Waals surface area contributed by atoms with Crippen molar-refractivity contribution in [1.29, 1.82) is 0 Å². The fourth-order valence-corrected chi connectivity index (χ4v) is 6.70. The standard InChI is InChI=1S/C42H42F2N8O6/c1-42(2,3)49-41(55)58-37(26-15-19-45-20-16-26)36-35-34(18-21-46-38(35)51(50-36)24-25-5-12-30(56-4)13-6-25)57-33-14-9-28(23-32(33)44)48-39(53)31-17-22-47-52(40(31)54)29-10-7-27(43)8-11-29/h5-14,17-18,21-23,26,37,45H,15-16,19-20,24H2,1-4H3,(H,48,53)(H,49,55). The lowest BCUT2D eigenvalue weighted by atomic mass is 9.89. The summed E-state index contributed by atoms with van der Waals surface area (Å²) >= 11 is 0. The molecule has 58 heavy (non-hydrogen) atoms. The van der Waals surface area contributed by atoms with Gasteiger partial charge in [-0.1, -0.05) is 12.1 Å². The van der Waals surface area contributed by atoms with E-state index in [1.807, 2.05) is 45.0 Å². The van der Waals surface area contributed by atoms with E-state index in [1.54, 1.807) is 17.9 Å². The average molecular weight is 793 g/mol. The van der Waals surface area contributed by atoms with E-state index < -0.39 is 40.8 Å². The molecular weight excluding hydrogens is 751 g/mol. The Morgan fingerprint density at radius 3 is 2.38 bits per heavy atom. The molecule has 14 nitrogen and oxygen atoms in total. The fraction of sp³-hybridized carbons (Fsp3) is 0.286. The third kappa shape index (κ3) is 8.97. The van der Waals surface area contributed by atoms with Crippen LogP contribution in [0.3, 0.4) is 0 Å². The van der Waals surface area contributed by atoms with E-state index in [2.05, 4.69) is 26.0 Å². The molecule has 1 unspecified atom stereocenters. The summed E-state index contributed by atoms with van der Waals surface area (Å²) < 4.78 is 49.8. The number of piperidine rings is 1. The van der Waals surface area contributed by atoms with Crippen molar-refractivity contribution in [1.82, 2.24) is 35.2 Å². The Morgan fingerprint density at radius 2 is 1.69 bits per heavy atom. The zero-order chi connectivity index (χ0) is 41.0. The Hall–Kier alpha value is -6.68. The molecule has 0 aliphatic carbocycles. The highest BCUT2D eigenvalue weighted by Gasteiger charge is 2.35. The largest absolute Gasteiger partial charge is 0.497 e. The number of halogens is 2. The molecular formula is C42H42F2N8O6. The molecule has 3 aromatic carbocycles. The predicted molar refractivity (Wildman–Crippen MR) is 212 cm³/mol. The minimum atomic E-state index is -0.816. The number of carbonyl (C=O) groups excluding carboxylic acids is 2. The molecule has 1 atom stereocenters. The van der Waals surface area contributed by atoms with Gasteiger partial charge < -0.3 is 30.2 Å². The number of anilines is 1. The summed E-state index contributed by atoms with van der Waals surface area (Å²) in [7, 11) is 1.59. The van der Waals surface area contributed by atoms with E-state index in [-0.39, 0.29) is 34.4 Å². The molecule has 2 amide bonds. The van der Waals surface area contributed by atoms with Crippen molar-refractivity contribution in [2.45, 2.75) is 51.8 Å². The number of aromatic nitrogens is 5. The van der Waals surface area contributed by atoms with Crippen molar-refractivity contribution >= 4 is 28.7 Å². The second kappa shape index (κ2) is 16.8. The molecule has 6 aromatic rings. The molecule has 1 aliphatic rings. The van der Waals surface area contributed by atoms with E-state index >= 15 is 4.39 Å². The summed E-state index contributed by atoms with van der Waals surface area (Å²) in [5, 5.41) is 18.2. The molecule has 4 heterocycles. The van der Waals surface area contributed by atoms with Gasteiger partial charge in [0, 0.05) is 35.6 Å². The maximum absolute atomic E-state index is 15.9. The number of pyridine rings is 1. The number of ether oxygens (including phenoxy) is 3. The number of benzene rings is 3. The number of amides is 2. The van der Waals surface area contributed by atoms with Crippen molar-refractivity contribution < 1.29 is 32.6 Å². The minimum absolute atomic E-state index is 0.0523. The van der Waals surface area contributed by atoms with Crippen LogP contribution in [0.4, 0.5) is 19.3 Å². The van der Waals surface area contributed by atoms with E-state index in [9.17, 15) is 18.8 Å². The first kappa shape index (κ1) is 39.6. The summed E-state index contributed by atoms with van der Waals surface area (Å²) in [6, 6.07) is 19.2. The zero-order valence-corrected chi connectivity index (χ0v) is 32.3. The summed E-state index contributed by atoms with van der Waals surface area (Å²) in [6.07, 6.45) is 2.79. The second-order valence-electron chi connectivity index (χ2n) is 14.8. The maximum atomic E-state index is 15.9. The van der Waals surface area contributed by atoms with Gasteiger partial charge in [0.15, 0.2) is 23.3 Å². The SMILES string of the molecule is COc1ccc(Cn2nc(C(OC(=O)NC(C)(C)C)C3CCNCC3)c3c(Oc4ccc(NC(=O)c5ccnn(-c6ccc(F)cc6)c5=O)cc4F)ccnc32)cc1. The molecule has 3 N–H and O–H groups in total. The monoisotopic (exact) mass is 792 g/mol. The van der Waals surface area contributed by atoms with Gasteiger partial charge in [0.2, 0.25) is 0 Å². The van der Waals surface area contributed by atoms with Gasteiger partial charge in [-0.2, -0.15) is 14.9 Å². The smallest absolute Gasteiger partial charge is 0.408 e. The number of nitrogens with zero attached hydrogens (tertiary/aromatic N) is 5. The fourth-order valence-electron chi connectivity index (χ4n) is 6.70. The molecule has 3 aromatic heterocycles.